The van der Waals surface area contributed by atoms with Crippen molar-refractivity contribution in [2.75, 3.05) is 39.4 Å². The molecule has 5 rings (SSSR count). The first kappa shape index (κ1) is 29.7. The number of halogens is 6. The third-order valence-electron chi connectivity index (χ3n) is 9.01. The molecular weight excluding hydrogens is 607 g/mol. The number of hydrogen-bond acceptors (Lipinski definition) is 5. The zero-order valence-corrected chi connectivity index (χ0v) is 23.4. The molecule has 9 atom stereocenters. The third kappa shape index (κ3) is 6.04. The van der Waals surface area contributed by atoms with Crippen molar-refractivity contribution in [1.29, 1.82) is 0 Å². The van der Waals surface area contributed by atoms with E-state index < -0.39 is 71.0 Å². The summed E-state index contributed by atoms with van der Waals surface area (Å²) in [6.07, 6.45) is -6.48. The van der Waals surface area contributed by atoms with Crippen LogP contribution in [0, 0.1) is 17.8 Å². The lowest BCUT2D eigenvalue weighted by Gasteiger charge is -2.46. The van der Waals surface area contributed by atoms with Crippen LogP contribution in [-0.4, -0.2) is 108 Å². The molecule has 40 heavy (non-hydrogen) atoms. The Kier molecular flexibility index (Phi) is 8.78. The highest BCUT2D eigenvalue weighted by molar-refractivity contribution is 9.09. The molecule has 0 aromatic rings. The van der Waals surface area contributed by atoms with E-state index in [1.54, 1.807) is 9.80 Å². The van der Waals surface area contributed by atoms with E-state index in [0.29, 0.717) is 32.7 Å². The van der Waals surface area contributed by atoms with Crippen molar-refractivity contribution in [1.82, 2.24) is 20.4 Å². The summed E-state index contributed by atoms with van der Waals surface area (Å²) in [6.45, 7) is 1.70. The molecule has 224 valence electrons. The zero-order valence-electron chi connectivity index (χ0n) is 21.8. The van der Waals surface area contributed by atoms with Gasteiger partial charge in [0.25, 0.3) is 0 Å². The number of carbonyl (C=O) groups excluding carboxylic acids is 3. The van der Waals surface area contributed by atoms with E-state index in [0.717, 1.165) is 6.08 Å². The summed E-state index contributed by atoms with van der Waals surface area (Å²) in [5.74, 6) is -4.87. The van der Waals surface area contributed by atoms with E-state index >= 15 is 0 Å². The molecule has 0 aromatic heterocycles. The van der Waals surface area contributed by atoms with Gasteiger partial charge in [-0.25, -0.2) is 8.78 Å². The number of nitrogens with one attached hydrogen (secondary N) is 2. The number of alkyl halides is 6. The molecule has 2 saturated carbocycles. The number of hydrogen-bond donors (Lipinski definition) is 2. The molecule has 3 aliphatic heterocycles. The highest BCUT2D eigenvalue weighted by Gasteiger charge is 2.56. The van der Waals surface area contributed by atoms with Gasteiger partial charge in [0, 0.05) is 60.7 Å². The van der Waals surface area contributed by atoms with Crippen LogP contribution in [0.25, 0.3) is 0 Å². The van der Waals surface area contributed by atoms with Crippen molar-refractivity contribution in [3.63, 3.8) is 0 Å². The van der Waals surface area contributed by atoms with Crippen LogP contribution in [0.15, 0.2) is 11.6 Å². The second kappa shape index (κ2) is 11.8. The first-order valence-corrected chi connectivity index (χ1v) is 14.8. The van der Waals surface area contributed by atoms with Crippen LogP contribution in [-0.2, 0) is 19.1 Å². The minimum atomic E-state index is -4.52. The van der Waals surface area contributed by atoms with E-state index in [1.807, 2.05) is 0 Å². The molecule has 3 amide bonds. The largest absolute Gasteiger partial charge is 0.393 e. The Balaban J connectivity index is 1.31. The molecule has 3 heterocycles. The predicted octanol–water partition coefficient (Wildman–Crippen LogP) is 2.27. The lowest BCUT2D eigenvalue weighted by atomic mass is 9.74. The monoisotopic (exact) mass is 640 g/mol. The van der Waals surface area contributed by atoms with E-state index in [2.05, 4.69) is 26.6 Å². The lowest BCUT2D eigenvalue weighted by molar-refractivity contribution is -0.205. The van der Waals surface area contributed by atoms with Gasteiger partial charge < -0.3 is 20.3 Å². The molecule has 0 spiro atoms. The number of likely N-dealkylation sites (tertiary alicyclic amines) is 1. The highest BCUT2D eigenvalue weighted by Crippen LogP contribution is 2.46. The first-order valence-electron chi connectivity index (χ1n) is 13.9. The van der Waals surface area contributed by atoms with Gasteiger partial charge >= 0.3 is 6.18 Å². The summed E-state index contributed by atoms with van der Waals surface area (Å²) < 4.78 is 76.7. The van der Waals surface area contributed by atoms with Crippen molar-refractivity contribution in [3.8, 4) is 0 Å². The Bertz CT molecular complexity index is 1030. The number of amides is 3. The van der Waals surface area contributed by atoms with Crippen LogP contribution in [0.4, 0.5) is 22.0 Å². The van der Waals surface area contributed by atoms with Gasteiger partial charge in [-0.05, 0) is 32.1 Å². The third-order valence-corrected chi connectivity index (χ3v) is 9.76. The first-order chi connectivity index (χ1) is 18.9. The van der Waals surface area contributed by atoms with E-state index in [1.165, 1.54) is 0 Å². The van der Waals surface area contributed by atoms with Crippen LogP contribution in [0.1, 0.15) is 32.1 Å². The minimum absolute atomic E-state index is 0.0649. The standard InChI is InChI=1S/C26H34BrF5N4O4/c27-13-9-17(25(39)35-5-7-40-8-6-35)23(18(10-13)26(30,31)32)36-4-3-14(12-36)33-24(38)16-11-20(37)34-22-15(16)1-2-19(28)21(22)29/h11,13-15,17-19,21-23H,1-10,12H2,(H,33,38)(H,34,37)/t13?,14-,15?,17?,18?,19?,21?,22?,23?/m1/s1. The molecule has 14 heteroatoms. The average molecular weight is 641 g/mol. The van der Waals surface area contributed by atoms with Gasteiger partial charge in [0.15, 0.2) is 6.17 Å². The SMILES string of the molecule is O=C1C=C(C(=O)N[C@@H]2CCN(C3C(C(=O)N4CCOCC4)CC(Br)CC3C(F)(F)F)C2)C2CCC(F)C(F)C2N1. The summed E-state index contributed by atoms with van der Waals surface area (Å²) in [6, 6.07) is -2.74. The number of morpholine rings is 1. The van der Waals surface area contributed by atoms with Gasteiger partial charge in [-0.2, -0.15) is 13.2 Å². The molecule has 2 N–H and O–H groups in total. The number of carbonyl (C=O) groups is 3. The Morgan fingerprint density at radius 2 is 1.80 bits per heavy atom. The Morgan fingerprint density at radius 1 is 1.07 bits per heavy atom. The maximum Gasteiger partial charge on any atom is 0.393 e. The minimum Gasteiger partial charge on any atom is -0.378 e. The van der Waals surface area contributed by atoms with Crippen LogP contribution in [0.5, 0.6) is 0 Å². The van der Waals surface area contributed by atoms with E-state index in [9.17, 15) is 36.3 Å². The smallest absolute Gasteiger partial charge is 0.378 e. The Morgan fingerprint density at radius 3 is 2.50 bits per heavy atom. The van der Waals surface area contributed by atoms with Crippen LogP contribution in [0.2, 0.25) is 0 Å². The maximum absolute atomic E-state index is 14.5. The molecule has 0 aromatic carbocycles. The van der Waals surface area contributed by atoms with Gasteiger partial charge in [0.05, 0.1) is 31.1 Å². The van der Waals surface area contributed by atoms with Crippen LogP contribution in [0.3, 0.4) is 0 Å². The van der Waals surface area contributed by atoms with Gasteiger partial charge in [-0.1, -0.05) is 15.9 Å². The van der Waals surface area contributed by atoms with Crippen LogP contribution >= 0.6 is 15.9 Å². The van der Waals surface area contributed by atoms with Gasteiger partial charge in [0.2, 0.25) is 17.7 Å². The summed E-state index contributed by atoms with van der Waals surface area (Å²) in [5.41, 5.74) is 0.0649. The molecule has 5 aliphatic rings. The average Bonchev–Trinajstić information content (AvgIpc) is 3.37. The number of rotatable bonds is 4. The molecule has 8 nitrogen and oxygen atoms in total. The number of ether oxygens (including phenoxy) is 1. The fourth-order valence-electron chi connectivity index (χ4n) is 7.09. The quantitative estimate of drug-likeness (QED) is 0.364. The summed E-state index contributed by atoms with van der Waals surface area (Å²) >= 11 is 3.36. The van der Waals surface area contributed by atoms with Crippen molar-refractivity contribution >= 4 is 33.7 Å². The van der Waals surface area contributed by atoms with Crippen molar-refractivity contribution in [3.05, 3.63) is 11.6 Å². The lowest BCUT2D eigenvalue weighted by Crippen LogP contribution is -2.59. The fraction of sp³-hybridized carbons (Fsp3) is 0.808. The Hall–Kier alpha value is -1.80. The molecule has 2 aliphatic carbocycles. The number of nitrogens with zero attached hydrogens (tertiary/aromatic N) is 2. The van der Waals surface area contributed by atoms with E-state index in [4.69, 9.17) is 4.74 Å². The molecule has 0 radical (unpaired) electrons. The van der Waals surface area contributed by atoms with Crippen molar-refractivity contribution in [2.45, 2.75) is 73.6 Å². The molecule has 8 unspecified atom stereocenters. The van der Waals surface area contributed by atoms with E-state index in [-0.39, 0.29) is 50.3 Å². The fourth-order valence-corrected chi connectivity index (χ4v) is 7.90. The van der Waals surface area contributed by atoms with Crippen molar-refractivity contribution < 1.29 is 41.1 Å². The normalized spacial score (nSPS) is 39.2. The summed E-state index contributed by atoms with van der Waals surface area (Å²) in [7, 11) is 0. The van der Waals surface area contributed by atoms with Gasteiger partial charge in [-0.3, -0.25) is 19.3 Å². The molecule has 4 fully saturated rings. The van der Waals surface area contributed by atoms with Gasteiger partial charge in [-0.15, -0.1) is 0 Å². The van der Waals surface area contributed by atoms with Gasteiger partial charge in [0.1, 0.15) is 6.17 Å². The zero-order chi connectivity index (χ0) is 28.8. The molecule has 2 saturated heterocycles. The second-order valence-electron chi connectivity index (χ2n) is 11.5. The number of fused-ring (bicyclic) bond motifs is 1. The van der Waals surface area contributed by atoms with Crippen LogP contribution < -0.4 is 10.6 Å². The Labute approximate surface area is 237 Å². The van der Waals surface area contributed by atoms with Crippen molar-refractivity contribution in [2.24, 2.45) is 17.8 Å². The molecule has 0 bridgehead atoms. The maximum atomic E-state index is 14.5. The molecular formula is C26H34BrF5N4O4. The second-order valence-corrected chi connectivity index (χ2v) is 12.8. The summed E-state index contributed by atoms with van der Waals surface area (Å²) in [5, 5.41) is 5.24. The topological polar surface area (TPSA) is 91.0 Å². The predicted molar refractivity (Wildman–Crippen MR) is 137 cm³/mol. The highest BCUT2D eigenvalue weighted by atomic mass is 79.9. The summed E-state index contributed by atoms with van der Waals surface area (Å²) in [4.78, 5) is 41.7.